The van der Waals surface area contributed by atoms with Crippen molar-refractivity contribution < 1.29 is 9.31 Å². The maximum absolute atomic E-state index is 7.24. The zero-order valence-corrected chi connectivity index (χ0v) is 10.4. The van der Waals surface area contributed by atoms with E-state index in [-0.39, 0.29) is 18.3 Å². The lowest BCUT2D eigenvalue weighted by Gasteiger charge is -2.29. The van der Waals surface area contributed by atoms with Gasteiger partial charge < -0.3 is 10.3 Å². The van der Waals surface area contributed by atoms with Gasteiger partial charge in [-0.25, -0.2) is 0 Å². The maximum atomic E-state index is 7.24. The minimum absolute atomic E-state index is 0. The monoisotopic (exact) mass is 267 g/mol. The summed E-state index contributed by atoms with van der Waals surface area (Å²) in [7, 11) is 0. The van der Waals surface area contributed by atoms with Crippen LogP contribution in [0, 0.1) is 0 Å². The molecule has 1 aromatic rings. The third kappa shape index (κ3) is 3.13. The van der Waals surface area contributed by atoms with Gasteiger partial charge in [0.15, 0.2) is 0 Å². The summed E-state index contributed by atoms with van der Waals surface area (Å²) in [6.07, 6.45) is 1.57. The third-order valence-corrected chi connectivity index (χ3v) is 2.66. The molecule has 6 nitrogen and oxygen atoms in total. The van der Waals surface area contributed by atoms with Gasteiger partial charge in [-0.2, -0.15) is 5.01 Å². The molecule has 1 aliphatic heterocycles. The highest BCUT2D eigenvalue weighted by molar-refractivity contribution is 6.18. The third-order valence-electron chi connectivity index (χ3n) is 2.49. The van der Waals surface area contributed by atoms with Gasteiger partial charge in [0.1, 0.15) is 5.88 Å². The van der Waals surface area contributed by atoms with Crippen LogP contribution in [0.25, 0.3) is 5.73 Å². The van der Waals surface area contributed by atoms with Gasteiger partial charge in [-0.05, 0) is 0 Å². The van der Waals surface area contributed by atoms with Crippen molar-refractivity contribution in [3.05, 3.63) is 11.9 Å². The zero-order valence-electron chi connectivity index (χ0n) is 8.80. The molecule has 1 fully saturated rings. The largest absolute Gasteiger partial charge is 0.660 e. The molecule has 1 aliphatic rings. The first-order valence-electron chi connectivity index (χ1n) is 4.93. The molecule has 0 spiro atoms. The Balaban J connectivity index is 0.00000128. The lowest BCUT2D eigenvalue weighted by molar-refractivity contribution is -0.759. The quantitative estimate of drug-likeness (QED) is 0.593. The second-order valence-electron chi connectivity index (χ2n) is 3.47. The van der Waals surface area contributed by atoms with Crippen LogP contribution in [-0.2, 0) is 0 Å². The second-order valence-corrected chi connectivity index (χ2v) is 3.85. The molecule has 1 aromatic heterocycles. The first kappa shape index (κ1) is 13.3. The van der Waals surface area contributed by atoms with Crippen LogP contribution < -0.4 is 9.80 Å². The standard InChI is InChI=1S/C8H14ClN5O.ClH/c9-1-2-12-3-5-13(6-4-12)14-7-8(10)15-11-14;/h7,10H,1-6H2;1H. The predicted molar refractivity (Wildman–Crippen MR) is 63.0 cm³/mol. The van der Waals surface area contributed by atoms with Crippen LogP contribution in [0.5, 0.6) is 0 Å². The molecule has 0 amide bonds. The summed E-state index contributed by atoms with van der Waals surface area (Å²) >= 11 is 5.68. The minimum atomic E-state index is 0. The Morgan fingerprint density at radius 3 is 2.62 bits per heavy atom. The van der Waals surface area contributed by atoms with E-state index in [2.05, 4.69) is 10.2 Å². The molecule has 16 heavy (non-hydrogen) atoms. The number of nitrogens with one attached hydrogen (secondary N) is 1. The highest BCUT2D eigenvalue weighted by Crippen LogP contribution is 2.03. The van der Waals surface area contributed by atoms with Gasteiger partial charge in [0, 0.05) is 25.5 Å². The van der Waals surface area contributed by atoms with E-state index in [4.69, 9.17) is 21.9 Å². The van der Waals surface area contributed by atoms with Gasteiger partial charge in [-0.3, -0.25) is 4.90 Å². The first-order chi connectivity index (χ1) is 7.29. The molecule has 0 bridgehead atoms. The average molecular weight is 268 g/mol. The predicted octanol–water partition coefficient (Wildman–Crippen LogP) is 0.560. The van der Waals surface area contributed by atoms with Crippen molar-refractivity contribution in [3.63, 3.8) is 0 Å². The van der Waals surface area contributed by atoms with Crippen LogP contribution >= 0.6 is 24.0 Å². The number of alkyl halides is 1. The van der Waals surface area contributed by atoms with E-state index in [1.807, 2.05) is 5.01 Å². The van der Waals surface area contributed by atoms with E-state index in [1.54, 1.807) is 11.0 Å². The van der Waals surface area contributed by atoms with Crippen LogP contribution in [0.15, 0.2) is 10.7 Å². The summed E-state index contributed by atoms with van der Waals surface area (Å²) in [5, 5.41) is 5.79. The molecule has 0 unspecified atom stereocenters. The number of nitrogens with zero attached hydrogens (tertiary/aromatic N) is 4. The molecular formula is C8H15Cl2N5O. The summed E-state index contributed by atoms with van der Waals surface area (Å²) in [6.45, 7) is 4.64. The number of halogens is 2. The maximum Gasteiger partial charge on any atom is 0.256 e. The molecule has 0 aliphatic carbocycles. The van der Waals surface area contributed by atoms with Crippen LogP contribution in [0.3, 0.4) is 0 Å². The van der Waals surface area contributed by atoms with Gasteiger partial charge >= 0.3 is 0 Å². The van der Waals surface area contributed by atoms with Crippen molar-refractivity contribution in [1.82, 2.24) is 10.2 Å². The fourth-order valence-electron chi connectivity index (χ4n) is 1.66. The molecule has 1 saturated heterocycles. The summed E-state index contributed by atoms with van der Waals surface area (Å²) in [6, 6.07) is 0. The number of aromatic nitrogens is 2. The number of rotatable bonds is 3. The normalized spacial score (nSPS) is 17.2. The van der Waals surface area contributed by atoms with Gasteiger partial charge in [0.2, 0.25) is 5.27 Å². The van der Waals surface area contributed by atoms with Crippen LogP contribution in [0.2, 0.25) is 0 Å². The second kappa shape index (κ2) is 6.12. The van der Waals surface area contributed by atoms with Gasteiger partial charge in [0.05, 0.1) is 17.9 Å². The molecule has 0 radical (unpaired) electrons. The Kier molecular flexibility index (Phi) is 5.11. The van der Waals surface area contributed by atoms with Crippen LogP contribution in [0.1, 0.15) is 0 Å². The van der Waals surface area contributed by atoms with E-state index >= 15 is 0 Å². The molecule has 1 N–H and O–H groups in total. The fraction of sp³-hybridized carbons (Fsp3) is 0.750. The molecule has 8 heteroatoms. The SMILES string of the molecule is Cl.[NH-]c1c[n+](N2CCN(CCCl)CC2)no1. The molecular weight excluding hydrogens is 253 g/mol. The first-order valence-corrected chi connectivity index (χ1v) is 5.47. The molecule has 2 heterocycles. The number of hydrogen-bond acceptors (Lipinski definition) is 4. The minimum Gasteiger partial charge on any atom is -0.660 e. The van der Waals surface area contributed by atoms with Crippen molar-refractivity contribution in [3.8, 4) is 0 Å². The zero-order chi connectivity index (χ0) is 10.7. The number of piperazine rings is 1. The molecule has 0 saturated carbocycles. The van der Waals surface area contributed by atoms with Gasteiger partial charge in [0.25, 0.3) is 6.20 Å². The lowest BCUT2D eigenvalue weighted by atomic mass is 10.3. The molecule has 2 rings (SSSR count). The smallest absolute Gasteiger partial charge is 0.256 e. The van der Waals surface area contributed by atoms with Crippen molar-refractivity contribution in [2.45, 2.75) is 0 Å². The molecule has 0 aromatic carbocycles. The van der Waals surface area contributed by atoms with Crippen LogP contribution in [0.4, 0.5) is 5.88 Å². The molecule has 92 valence electrons. The average Bonchev–Trinajstić information content (AvgIpc) is 2.67. The van der Waals surface area contributed by atoms with E-state index in [9.17, 15) is 0 Å². The Morgan fingerprint density at radius 1 is 1.44 bits per heavy atom. The molecule has 0 atom stereocenters. The van der Waals surface area contributed by atoms with Crippen molar-refractivity contribution >= 4 is 29.9 Å². The summed E-state index contributed by atoms with van der Waals surface area (Å²) in [4.78, 5) is 3.91. The Morgan fingerprint density at radius 2 is 2.12 bits per heavy atom. The van der Waals surface area contributed by atoms with Crippen LogP contribution in [-0.4, -0.2) is 48.8 Å². The topological polar surface area (TPSA) is 60.2 Å². The number of hydrogen-bond donors (Lipinski definition) is 0. The summed E-state index contributed by atoms with van der Waals surface area (Å²) in [5.74, 6) is 0.756. The Labute approximate surface area is 105 Å². The lowest BCUT2D eigenvalue weighted by Crippen LogP contribution is -2.65. The fourth-order valence-corrected chi connectivity index (χ4v) is 1.90. The highest BCUT2D eigenvalue weighted by atomic mass is 35.5. The van der Waals surface area contributed by atoms with Crippen molar-refractivity contribution in [1.29, 1.82) is 0 Å². The highest BCUT2D eigenvalue weighted by Gasteiger charge is 2.23. The van der Waals surface area contributed by atoms with E-state index < -0.39 is 0 Å². The Bertz CT molecular complexity index is 313. The van der Waals surface area contributed by atoms with Gasteiger partial charge in [-0.15, -0.1) is 24.0 Å². The van der Waals surface area contributed by atoms with E-state index in [1.165, 1.54) is 0 Å². The van der Waals surface area contributed by atoms with E-state index in [0.717, 1.165) is 32.7 Å². The Hall–Kier alpha value is -0.720. The van der Waals surface area contributed by atoms with Crippen molar-refractivity contribution in [2.75, 3.05) is 43.6 Å². The summed E-state index contributed by atoms with van der Waals surface area (Å²) in [5.41, 5.74) is 7.24. The van der Waals surface area contributed by atoms with Crippen molar-refractivity contribution in [2.24, 2.45) is 0 Å². The van der Waals surface area contributed by atoms with Gasteiger partial charge in [-0.1, -0.05) is 0 Å². The van der Waals surface area contributed by atoms with E-state index in [0.29, 0.717) is 5.88 Å². The summed E-state index contributed by atoms with van der Waals surface area (Å²) < 4.78 is 4.70.